The number of unbranched alkanes of at least 4 members (excludes halogenated alkanes) is 3. The maximum atomic E-state index is 4.78. The first-order chi connectivity index (χ1) is 3.91. The van der Waals surface area contributed by atoms with Gasteiger partial charge in [-0.25, -0.2) is 0 Å². The van der Waals surface area contributed by atoms with Crippen LogP contribution in [0.25, 0.3) is 0 Å². The van der Waals surface area contributed by atoms with Crippen LogP contribution in [-0.2, 0) is 0 Å². The zero-order valence-corrected chi connectivity index (χ0v) is 6.04. The van der Waals surface area contributed by atoms with Gasteiger partial charge < -0.3 is 0 Å². The minimum atomic E-state index is 0.914. The SMILES string of the molecule is C=CCCCCC[S]. The molecule has 0 aliphatic carbocycles. The molecule has 0 bridgehead atoms. The Kier molecular flexibility index (Phi) is 7.17. The van der Waals surface area contributed by atoms with Crippen LogP contribution < -0.4 is 0 Å². The average Bonchev–Trinajstić information content (AvgIpc) is 1.81. The minimum absolute atomic E-state index is 0.914. The number of rotatable bonds is 5. The molecule has 0 fully saturated rings. The van der Waals surface area contributed by atoms with Gasteiger partial charge in [0, 0.05) is 5.75 Å². The number of allylic oxidation sites excluding steroid dienone is 1. The first kappa shape index (κ1) is 8.09. The van der Waals surface area contributed by atoms with Gasteiger partial charge in [-0.05, 0) is 19.3 Å². The van der Waals surface area contributed by atoms with Crippen molar-refractivity contribution < 1.29 is 0 Å². The predicted molar refractivity (Wildman–Crippen MR) is 41.1 cm³/mol. The van der Waals surface area contributed by atoms with Crippen molar-refractivity contribution in [3.05, 3.63) is 12.7 Å². The summed E-state index contributed by atoms with van der Waals surface area (Å²) >= 11 is 4.78. The van der Waals surface area contributed by atoms with E-state index in [2.05, 4.69) is 6.58 Å². The molecule has 0 unspecified atom stereocenters. The summed E-state index contributed by atoms with van der Waals surface area (Å²) in [4.78, 5) is 0. The molecular weight excluding hydrogens is 116 g/mol. The molecule has 8 heavy (non-hydrogen) atoms. The third-order valence-electron chi connectivity index (χ3n) is 1.05. The van der Waals surface area contributed by atoms with Gasteiger partial charge in [-0.2, -0.15) is 0 Å². The predicted octanol–water partition coefficient (Wildman–Crippen LogP) is 2.93. The second-order valence-electron chi connectivity index (χ2n) is 1.84. The number of hydrogen-bond acceptors (Lipinski definition) is 0. The molecule has 0 rings (SSSR count). The van der Waals surface area contributed by atoms with Crippen LogP contribution in [0, 0.1) is 0 Å². The van der Waals surface area contributed by atoms with Gasteiger partial charge in [0.15, 0.2) is 0 Å². The van der Waals surface area contributed by atoms with Crippen LogP contribution in [0.15, 0.2) is 12.7 Å². The Morgan fingerprint density at radius 3 is 2.50 bits per heavy atom. The molecule has 0 saturated carbocycles. The van der Waals surface area contributed by atoms with Gasteiger partial charge in [-0.3, -0.25) is 0 Å². The second kappa shape index (κ2) is 7.09. The molecule has 0 atom stereocenters. The molecule has 0 aromatic rings. The summed E-state index contributed by atoms with van der Waals surface area (Å²) < 4.78 is 0. The molecule has 0 aromatic carbocycles. The van der Waals surface area contributed by atoms with E-state index in [4.69, 9.17) is 12.6 Å². The lowest BCUT2D eigenvalue weighted by atomic mass is 10.2. The van der Waals surface area contributed by atoms with Gasteiger partial charge in [-0.1, -0.05) is 25.1 Å². The highest BCUT2D eigenvalue weighted by Gasteiger charge is 1.82. The second-order valence-corrected chi connectivity index (χ2v) is 2.25. The van der Waals surface area contributed by atoms with E-state index in [-0.39, 0.29) is 0 Å². The lowest BCUT2D eigenvalue weighted by Gasteiger charge is -1.90. The van der Waals surface area contributed by atoms with Gasteiger partial charge in [0.25, 0.3) is 0 Å². The van der Waals surface area contributed by atoms with Crippen molar-refractivity contribution in [3.8, 4) is 0 Å². The third kappa shape index (κ3) is 6.09. The molecule has 47 valence electrons. The Labute approximate surface area is 57.4 Å². The smallest absolute Gasteiger partial charge is 0.00369 e. The molecule has 0 spiro atoms. The first-order valence-electron chi connectivity index (χ1n) is 3.11. The molecule has 0 heterocycles. The normalized spacial score (nSPS) is 9.12. The Balaban J connectivity index is 2.62. The summed E-state index contributed by atoms with van der Waals surface area (Å²) in [6, 6.07) is 0. The Hall–Kier alpha value is 0.0900. The van der Waals surface area contributed by atoms with Gasteiger partial charge in [0.1, 0.15) is 0 Å². The van der Waals surface area contributed by atoms with Gasteiger partial charge in [0.05, 0.1) is 0 Å². The Morgan fingerprint density at radius 1 is 1.25 bits per heavy atom. The summed E-state index contributed by atoms with van der Waals surface area (Å²) in [5, 5.41) is 0. The van der Waals surface area contributed by atoms with E-state index < -0.39 is 0 Å². The summed E-state index contributed by atoms with van der Waals surface area (Å²) in [6.07, 6.45) is 6.84. The fourth-order valence-electron chi connectivity index (χ4n) is 0.568. The minimum Gasteiger partial charge on any atom is -0.103 e. The zero-order chi connectivity index (χ0) is 6.24. The molecule has 0 amide bonds. The van der Waals surface area contributed by atoms with Crippen LogP contribution in [0.1, 0.15) is 25.7 Å². The Morgan fingerprint density at radius 2 is 2.00 bits per heavy atom. The lowest BCUT2D eigenvalue weighted by Crippen LogP contribution is -1.75. The van der Waals surface area contributed by atoms with Crippen LogP contribution >= 0.6 is 12.6 Å². The summed E-state index contributed by atoms with van der Waals surface area (Å²) in [5.74, 6) is 0.914. The zero-order valence-electron chi connectivity index (χ0n) is 5.23. The van der Waals surface area contributed by atoms with E-state index in [9.17, 15) is 0 Å². The largest absolute Gasteiger partial charge is 0.103 e. The molecule has 0 N–H and O–H groups in total. The fraction of sp³-hybridized carbons (Fsp3) is 0.714. The number of hydrogen-bond donors (Lipinski definition) is 0. The van der Waals surface area contributed by atoms with E-state index in [1.807, 2.05) is 6.08 Å². The van der Waals surface area contributed by atoms with Crippen LogP contribution in [0.4, 0.5) is 0 Å². The monoisotopic (exact) mass is 129 g/mol. The van der Waals surface area contributed by atoms with E-state index >= 15 is 0 Å². The maximum absolute atomic E-state index is 4.78. The van der Waals surface area contributed by atoms with Crippen molar-refractivity contribution >= 4 is 12.6 Å². The van der Waals surface area contributed by atoms with Crippen LogP contribution in [-0.4, -0.2) is 5.75 Å². The van der Waals surface area contributed by atoms with Crippen molar-refractivity contribution in [3.63, 3.8) is 0 Å². The van der Waals surface area contributed by atoms with E-state index in [0.29, 0.717) is 0 Å². The van der Waals surface area contributed by atoms with E-state index in [0.717, 1.165) is 12.2 Å². The first-order valence-corrected chi connectivity index (χ1v) is 3.68. The third-order valence-corrected chi connectivity index (χ3v) is 1.34. The van der Waals surface area contributed by atoms with E-state index in [1.54, 1.807) is 0 Å². The van der Waals surface area contributed by atoms with Gasteiger partial charge >= 0.3 is 0 Å². The van der Waals surface area contributed by atoms with Gasteiger partial charge in [0.2, 0.25) is 0 Å². The van der Waals surface area contributed by atoms with Crippen molar-refractivity contribution in [2.24, 2.45) is 0 Å². The molecule has 0 aromatic heterocycles. The molecule has 1 heteroatoms. The molecule has 1 radical (unpaired) electrons. The highest BCUT2D eigenvalue weighted by atomic mass is 32.1. The van der Waals surface area contributed by atoms with Crippen LogP contribution in [0.2, 0.25) is 0 Å². The van der Waals surface area contributed by atoms with Crippen molar-refractivity contribution in [1.29, 1.82) is 0 Å². The fourth-order valence-corrected chi connectivity index (χ4v) is 0.772. The highest BCUT2D eigenvalue weighted by molar-refractivity contribution is 7.80. The quantitative estimate of drug-likeness (QED) is 0.395. The summed E-state index contributed by atoms with van der Waals surface area (Å²) in [5.41, 5.74) is 0. The lowest BCUT2D eigenvalue weighted by molar-refractivity contribution is 0.736. The molecule has 0 saturated heterocycles. The standard InChI is InChI=1S/C7H13S/c1-2-3-4-5-6-7-8/h2H,1,3-7H2. The van der Waals surface area contributed by atoms with E-state index in [1.165, 1.54) is 19.3 Å². The summed E-state index contributed by atoms with van der Waals surface area (Å²) in [6.45, 7) is 3.63. The Bertz CT molecular complexity index is 50.3. The van der Waals surface area contributed by atoms with Crippen molar-refractivity contribution in [2.75, 3.05) is 5.75 Å². The van der Waals surface area contributed by atoms with Crippen molar-refractivity contribution in [2.45, 2.75) is 25.7 Å². The molecular formula is C7H13S. The maximum Gasteiger partial charge on any atom is 0.00369 e. The molecule has 0 nitrogen and oxygen atoms in total. The van der Waals surface area contributed by atoms with Crippen LogP contribution in [0.3, 0.4) is 0 Å². The van der Waals surface area contributed by atoms with Gasteiger partial charge in [-0.15, -0.1) is 6.58 Å². The average molecular weight is 129 g/mol. The van der Waals surface area contributed by atoms with Crippen LogP contribution in [0.5, 0.6) is 0 Å². The molecule has 0 aliphatic heterocycles. The van der Waals surface area contributed by atoms with Crippen molar-refractivity contribution in [1.82, 2.24) is 0 Å². The summed E-state index contributed by atoms with van der Waals surface area (Å²) in [7, 11) is 0. The highest BCUT2D eigenvalue weighted by Crippen LogP contribution is 1.99. The topological polar surface area (TPSA) is 0 Å². The molecule has 0 aliphatic rings.